The van der Waals surface area contributed by atoms with Gasteiger partial charge >= 0.3 is 0 Å². The lowest BCUT2D eigenvalue weighted by atomic mass is 9.88. The molecule has 0 radical (unpaired) electrons. The number of carbonyl (C=O) groups is 1. The molecule has 22 heavy (non-hydrogen) atoms. The predicted octanol–water partition coefficient (Wildman–Crippen LogP) is 3.45. The van der Waals surface area contributed by atoms with Gasteiger partial charge in [-0.3, -0.25) is 9.69 Å². The van der Waals surface area contributed by atoms with E-state index in [1.165, 1.54) is 49.7 Å². The molecule has 1 aliphatic heterocycles. The normalized spacial score (nSPS) is 23.2. The minimum atomic E-state index is 0.197. The number of rotatable bonds is 3. The summed E-state index contributed by atoms with van der Waals surface area (Å²) in [5, 5.41) is 3.28. The van der Waals surface area contributed by atoms with Gasteiger partial charge in [0.05, 0.1) is 12.6 Å². The minimum absolute atomic E-state index is 0.197. The lowest BCUT2D eigenvalue weighted by Crippen LogP contribution is -2.40. The monoisotopic (exact) mass is 300 g/mol. The summed E-state index contributed by atoms with van der Waals surface area (Å²) in [5.74, 6) is 0.197. The summed E-state index contributed by atoms with van der Waals surface area (Å²) >= 11 is 0. The van der Waals surface area contributed by atoms with Crippen molar-refractivity contribution in [1.82, 2.24) is 10.2 Å². The molecule has 0 aromatic heterocycles. The number of carbonyl (C=O) groups excluding carboxylic acids is 1. The summed E-state index contributed by atoms with van der Waals surface area (Å²) in [6.07, 6.45) is 9.85. The maximum atomic E-state index is 12.4. The van der Waals surface area contributed by atoms with Gasteiger partial charge < -0.3 is 5.32 Å². The summed E-state index contributed by atoms with van der Waals surface area (Å²) in [6.45, 7) is 2.72. The molecule has 1 amide bonds. The zero-order valence-corrected chi connectivity index (χ0v) is 13.5. The molecule has 0 bridgehead atoms. The van der Waals surface area contributed by atoms with Gasteiger partial charge in [0, 0.05) is 0 Å². The van der Waals surface area contributed by atoms with Crippen LogP contribution in [-0.2, 0) is 11.2 Å². The van der Waals surface area contributed by atoms with E-state index >= 15 is 0 Å². The molecule has 2 aliphatic rings. The quantitative estimate of drug-likeness (QED) is 0.927. The molecule has 1 atom stereocenters. The van der Waals surface area contributed by atoms with E-state index in [1.807, 2.05) is 0 Å². The van der Waals surface area contributed by atoms with Crippen molar-refractivity contribution in [2.45, 2.75) is 57.4 Å². The Morgan fingerprint density at radius 2 is 1.77 bits per heavy atom. The van der Waals surface area contributed by atoms with E-state index < -0.39 is 0 Å². The molecule has 1 aromatic rings. The highest BCUT2D eigenvalue weighted by molar-refractivity contribution is 5.78. The van der Waals surface area contributed by atoms with Crippen LogP contribution >= 0.6 is 0 Å². The Labute approximate surface area is 134 Å². The Morgan fingerprint density at radius 1 is 1.05 bits per heavy atom. The Kier molecular flexibility index (Phi) is 5.49. The van der Waals surface area contributed by atoms with Crippen LogP contribution in [0.15, 0.2) is 24.3 Å². The lowest BCUT2D eigenvalue weighted by Gasteiger charge is -2.28. The van der Waals surface area contributed by atoms with Crippen LogP contribution in [0.25, 0.3) is 0 Å². The van der Waals surface area contributed by atoms with Gasteiger partial charge in [-0.2, -0.15) is 0 Å². The van der Waals surface area contributed by atoms with Crippen molar-refractivity contribution in [3.8, 4) is 0 Å². The number of hydrogen-bond acceptors (Lipinski definition) is 2. The fraction of sp³-hybridized carbons (Fsp3) is 0.632. The molecule has 0 unspecified atom stereocenters. The van der Waals surface area contributed by atoms with E-state index in [-0.39, 0.29) is 11.9 Å². The molecule has 1 saturated heterocycles. The van der Waals surface area contributed by atoms with E-state index in [1.54, 1.807) is 0 Å². The van der Waals surface area contributed by atoms with Crippen molar-refractivity contribution < 1.29 is 4.79 Å². The van der Waals surface area contributed by atoms with Crippen LogP contribution in [0.1, 0.15) is 62.1 Å². The summed E-state index contributed by atoms with van der Waals surface area (Å²) < 4.78 is 0. The zero-order valence-electron chi connectivity index (χ0n) is 13.5. The molecule has 0 spiro atoms. The van der Waals surface area contributed by atoms with Crippen molar-refractivity contribution >= 4 is 5.91 Å². The first-order valence-corrected chi connectivity index (χ1v) is 8.92. The highest BCUT2D eigenvalue weighted by Crippen LogP contribution is 2.29. The summed E-state index contributed by atoms with van der Waals surface area (Å²) in [5.41, 5.74) is 2.74. The number of likely N-dealkylation sites (tertiary alicyclic amines) is 1. The topological polar surface area (TPSA) is 32.3 Å². The van der Waals surface area contributed by atoms with Crippen molar-refractivity contribution in [3.05, 3.63) is 35.4 Å². The molecule has 0 saturated carbocycles. The van der Waals surface area contributed by atoms with Crippen LogP contribution in [0, 0.1) is 0 Å². The first kappa shape index (κ1) is 15.5. The van der Waals surface area contributed by atoms with Gasteiger partial charge in [0.2, 0.25) is 5.91 Å². The largest absolute Gasteiger partial charge is 0.348 e. The number of fused-ring (bicyclic) bond motifs is 1. The average Bonchev–Trinajstić information content (AvgIpc) is 2.50. The minimum Gasteiger partial charge on any atom is -0.348 e. The van der Waals surface area contributed by atoms with Crippen LogP contribution in [-0.4, -0.2) is 30.4 Å². The van der Waals surface area contributed by atoms with Crippen molar-refractivity contribution in [2.75, 3.05) is 19.6 Å². The van der Waals surface area contributed by atoms with Gasteiger partial charge in [0.25, 0.3) is 0 Å². The molecule has 3 heteroatoms. The zero-order chi connectivity index (χ0) is 15.2. The van der Waals surface area contributed by atoms with Crippen LogP contribution in [0.4, 0.5) is 0 Å². The molecule has 1 heterocycles. The molecule has 120 valence electrons. The Bertz CT molecular complexity index is 492. The Balaban J connectivity index is 1.55. The van der Waals surface area contributed by atoms with Gasteiger partial charge in [0.15, 0.2) is 0 Å². The van der Waals surface area contributed by atoms with E-state index in [4.69, 9.17) is 0 Å². The van der Waals surface area contributed by atoms with Crippen molar-refractivity contribution in [3.63, 3.8) is 0 Å². The molecule has 3 rings (SSSR count). The van der Waals surface area contributed by atoms with Crippen LogP contribution < -0.4 is 5.32 Å². The highest BCUT2D eigenvalue weighted by atomic mass is 16.2. The summed E-state index contributed by atoms with van der Waals surface area (Å²) in [4.78, 5) is 14.8. The molecule has 1 aliphatic carbocycles. The van der Waals surface area contributed by atoms with Gasteiger partial charge in [-0.1, -0.05) is 43.5 Å². The fourth-order valence-electron chi connectivity index (χ4n) is 3.82. The van der Waals surface area contributed by atoms with Crippen LogP contribution in [0.2, 0.25) is 0 Å². The second-order valence-electron chi connectivity index (χ2n) is 6.76. The number of aryl methyl sites for hydroxylation is 1. The molecular weight excluding hydrogens is 272 g/mol. The Hall–Kier alpha value is -1.35. The van der Waals surface area contributed by atoms with Crippen LogP contribution in [0.5, 0.6) is 0 Å². The van der Waals surface area contributed by atoms with Crippen molar-refractivity contribution in [2.24, 2.45) is 0 Å². The highest BCUT2D eigenvalue weighted by Gasteiger charge is 2.22. The van der Waals surface area contributed by atoms with E-state index in [9.17, 15) is 4.79 Å². The Morgan fingerprint density at radius 3 is 2.59 bits per heavy atom. The average molecular weight is 300 g/mol. The second kappa shape index (κ2) is 7.77. The maximum absolute atomic E-state index is 12.4. The third-order valence-electron chi connectivity index (χ3n) is 5.02. The number of benzene rings is 1. The molecule has 1 aromatic carbocycles. The second-order valence-corrected chi connectivity index (χ2v) is 6.76. The predicted molar refractivity (Wildman–Crippen MR) is 89.8 cm³/mol. The van der Waals surface area contributed by atoms with E-state index in [2.05, 4.69) is 34.5 Å². The lowest BCUT2D eigenvalue weighted by molar-refractivity contribution is -0.123. The third kappa shape index (κ3) is 4.10. The number of amides is 1. The molecule has 1 fully saturated rings. The fourth-order valence-corrected chi connectivity index (χ4v) is 3.82. The molecule has 1 N–H and O–H groups in total. The summed E-state index contributed by atoms with van der Waals surface area (Å²) in [6, 6.07) is 8.78. The van der Waals surface area contributed by atoms with Gasteiger partial charge in [-0.25, -0.2) is 0 Å². The standard InChI is InChI=1S/C19H28N2O/c22-19(15-21-13-6-2-1-3-7-14-21)20-18-12-8-10-16-9-4-5-11-17(16)18/h4-5,9,11,18H,1-3,6-8,10,12-15H2,(H,20,22)/t18-/m0/s1. The van der Waals surface area contributed by atoms with Crippen molar-refractivity contribution in [1.29, 1.82) is 0 Å². The van der Waals surface area contributed by atoms with Crippen LogP contribution in [0.3, 0.4) is 0 Å². The SMILES string of the molecule is O=C(CN1CCCCCCC1)N[C@H]1CCCc2ccccc21. The summed E-state index contributed by atoms with van der Waals surface area (Å²) in [7, 11) is 0. The first-order valence-electron chi connectivity index (χ1n) is 8.92. The van der Waals surface area contributed by atoms with Gasteiger partial charge in [-0.05, 0) is 56.3 Å². The molecule has 3 nitrogen and oxygen atoms in total. The van der Waals surface area contributed by atoms with Gasteiger partial charge in [0.1, 0.15) is 0 Å². The smallest absolute Gasteiger partial charge is 0.234 e. The molecular formula is C19H28N2O. The first-order chi connectivity index (χ1) is 10.8. The maximum Gasteiger partial charge on any atom is 0.234 e. The third-order valence-corrected chi connectivity index (χ3v) is 5.02. The van der Waals surface area contributed by atoms with E-state index in [0.717, 1.165) is 25.9 Å². The number of nitrogens with one attached hydrogen (secondary N) is 1. The van der Waals surface area contributed by atoms with E-state index in [0.29, 0.717) is 6.54 Å². The number of hydrogen-bond donors (Lipinski definition) is 1. The number of nitrogens with zero attached hydrogens (tertiary/aromatic N) is 1. The van der Waals surface area contributed by atoms with Gasteiger partial charge in [-0.15, -0.1) is 0 Å².